The van der Waals surface area contributed by atoms with Crippen LogP contribution >= 0.6 is 0 Å². The molecule has 3 N–H and O–H groups in total. The first-order valence-electron chi connectivity index (χ1n) is 6.87. The van der Waals surface area contributed by atoms with Crippen molar-refractivity contribution < 1.29 is 9.90 Å². The van der Waals surface area contributed by atoms with E-state index in [1.807, 2.05) is 0 Å². The SMILES string of the molecule is O=C(O)c1cc[nH]c1CNCCCC1CCCC1. The fourth-order valence-electron chi connectivity index (χ4n) is 2.78. The van der Waals surface area contributed by atoms with Gasteiger partial charge in [-0.25, -0.2) is 4.79 Å². The van der Waals surface area contributed by atoms with Gasteiger partial charge in [-0.2, -0.15) is 0 Å². The molecule has 4 nitrogen and oxygen atoms in total. The number of carbonyl (C=O) groups is 1. The fourth-order valence-corrected chi connectivity index (χ4v) is 2.78. The molecule has 0 aliphatic heterocycles. The second-order valence-electron chi connectivity index (χ2n) is 5.14. The molecule has 1 aromatic rings. The van der Waals surface area contributed by atoms with Gasteiger partial charge in [0, 0.05) is 18.4 Å². The van der Waals surface area contributed by atoms with Crippen LogP contribution in [0.2, 0.25) is 0 Å². The van der Waals surface area contributed by atoms with Crippen molar-refractivity contribution in [2.75, 3.05) is 6.54 Å². The molecule has 0 unspecified atom stereocenters. The number of aromatic carboxylic acids is 1. The maximum atomic E-state index is 10.9. The Labute approximate surface area is 108 Å². The Morgan fingerprint density at radius 2 is 2.22 bits per heavy atom. The van der Waals surface area contributed by atoms with Crippen molar-refractivity contribution in [2.24, 2.45) is 5.92 Å². The lowest BCUT2D eigenvalue weighted by Gasteiger charge is -2.09. The van der Waals surface area contributed by atoms with Crippen molar-refractivity contribution in [3.05, 3.63) is 23.5 Å². The Morgan fingerprint density at radius 1 is 1.44 bits per heavy atom. The van der Waals surface area contributed by atoms with Crippen molar-refractivity contribution in [3.8, 4) is 0 Å². The number of hydrogen-bond acceptors (Lipinski definition) is 2. The molecule has 0 aromatic carbocycles. The van der Waals surface area contributed by atoms with Crippen molar-refractivity contribution in [3.63, 3.8) is 0 Å². The second-order valence-corrected chi connectivity index (χ2v) is 5.14. The minimum Gasteiger partial charge on any atom is -0.478 e. The summed E-state index contributed by atoms with van der Waals surface area (Å²) in [6.45, 7) is 1.58. The summed E-state index contributed by atoms with van der Waals surface area (Å²) in [6.07, 6.45) is 9.79. The van der Waals surface area contributed by atoms with Crippen LogP contribution in [0.1, 0.15) is 54.6 Å². The molecule has 0 atom stereocenters. The number of rotatable bonds is 7. The first kappa shape index (κ1) is 13.1. The number of nitrogens with one attached hydrogen (secondary N) is 2. The van der Waals surface area contributed by atoms with Crippen LogP contribution in [0.25, 0.3) is 0 Å². The standard InChI is InChI=1S/C14H22N2O2/c17-14(18)12-7-9-16-13(12)10-15-8-3-6-11-4-1-2-5-11/h7,9,11,15-16H,1-6,8,10H2,(H,17,18). The Morgan fingerprint density at radius 3 is 2.94 bits per heavy atom. The van der Waals surface area contributed by atoms with Gasteiger partial charge in [-0.05, 0) is 31.4 Å². The third kappa shape index (κ3) is 3.60. The number of aromatic nitrogens is 1. The van der Waals surface area contributed by atoms with Crippen LogP contribution in [-0.2, 0) is 6.54 Å². The summed E-state index contributed by atoms with van der Waals surface area (Å²) >= 11 is 0. The lowest BCUT2D eigenvalue weighted by atomic mass is 10.0. The van der Waals surface area contributed by atoms with E-state index in [0.29, 0.717) is 12.1 Å². The summed E-state index contributed by atoms with van der Waals surface area (Å²) in [5.74, 6) is 0.0749. The zero-order valence-electron chi connectivity index (χ0n) is 10.7. The molecule has 2 rings (SSSR count). The number of H-pyrrole nitrogens is 1. The summed E-state index contributed by atoms with van der Waals surface area (Å²) in [7, 11) is 0. The number of aromatic amines is 1. The minimum atomic E-state index is -0.862. The fraction of sp³-hybridized carbons (Fsp3) is 0.643. The average Bonchev–Trinajstić information content (AvgIpc) is 2.98. The normalized spacial score (nSPS) is 16.2. The highest BCUT2D eigenvalue weighted by atomic mass is 16.4. The number of carboxylic acid groups (broad SMARTS) is 1. The van der Waals surface area contributed by atoms with Crippen molar-refractivity contribution in [2.45, 2.75) is 45.1 Å². The van der Waals surface area contributed by atoms with E-state index in [1.54, 1.807) is 12.3 Å². The number of hydrogen-bond donors (Lipinski definition) is 3. The molecule has 0 spiro atoms. The van der Waals surface area contributed by atoms with Gasteiger partial charge >= 0.3 is 5.97 Å². The molecule has 1 fully saturated rings. The van der Waals surface area contributed by atoms with E-state index in [2.05, 4.69) is 10.3 Å². The predicted molar refractivity (Wildman–Crippen MR) is 70.7 cm³/mol. The molecule has 1 heterocycles. The Bertz CT molecular complexity index is 381. The summed E-state index contributed by atoms with van der Waals surface area (Å²) in [5, 5.41) is 12.3. The molecule has 18 heavy (non-hydrogen) atoms. The summed E-state index contributed by atoms with van der Waals surface area (Å²) in [5.41, 5.74) is 1.14. The zero-order chi connectivity index (χ0) is 12.8. The molecule has 1 aliphatic carbocycles. The highest BCUT2D eigenvalue weighted by Gasteiger charge is 2.14. The van der Waals surface area contributed by atoms with E-state index in [4.69, 9.17) is 5.11 Å². The third-order valence-electron chi connectivity index (χ3n) is 3.81. The highest BCUT2D eigenvalue weighted by molar-refractivity contribution is 5.88. The largest absolute Gasteiger partial charge is 0.478 e. The van der Waals surface area contributed by atoms with Gasteiger partial charge in [0.15, 0.2) is 0 Å². The highest BCUT2D eigenvalue weighted by Crippen LogP contribution is 2.28. The van der Waals surface area contributed by atoms with Gasteiger partial charge in [0.2, 0.25) is 0 Å². The molecule has 0 amide bonds. The average molecular weight is 250 g/mol. The zero-order valence-corrected chi connectivity index (χ0v) is 10.7. The maximum Gasteiger partial charge on any atom is 0.337 e. The molecule has 0 bridgehead atoms. The first-order valence-corrected chi connectivity index (χ1v) is 6.87. The van der Waals surface area contributed by atoms with E-state index in [9.17, 15) is 4.79 Å². The van der Waals surface area contributed by atoms with Gasteiger partial charge in [-0.1, -0.05) is 25.7 Å². The van der Waals surface area contributed by atoms with Crippen LogP contribution in [0.3, 0.4) is 0 Å². The third-order valence-corrected chi connectivity index (χ3v) is 3.81. The molecule has 100 valence electrons. The van der Waals surface area contributed by atoms with Gasteiger partial charge in [0.25, 0.3) is 0 Å². The van der Waals surface area contributed by atoms with E-state index < -0.39 is 5.97 Å². The van der Waals surface area contributed by atoms with Gasteiger partial charge in [-0.3, -0.25) is 0 Å². The van der Waals surface area contributed by atoms with Crippen LogP contribution in [-0.4, -0.2) is 22.6 Å². The van der Waals surface area contributed by atoms with Gasteiger partial charge in [-0.15, -0.1) is 0 Å². The van der Waals surface area contributed by atoms with E-state index >= 15 is 0 Å². The molecule has 0 saturated heterocycles. The molecule has 1 saturated carbocycles. The van der Waals surface area contributed by atoms with Crippen LogP contribution in [0.5, 0.6) is 0 Å². The summed E-state index contributed by atoms with van der Waals surface area (Å²) < 4.78 is 0. The van der Waals surface area contributed by atoms with E-state index in [-0.39, 0.29) is 0 Å². The smallest absolute Gasteiger partial charge is 0.337 e. The predicted octanol–water partition coefficient (Wildman–Crippen LogP) is 2.77. The molecule has 0 radical (unpaired) electrons. The van der Waals surface area contributed by atoms with Crippen LogP contribution in [0.15, 0.2) is 12.3 Å². The monoisotopic (exact) mass is 250 g/mol. The Hall–Kier alpha value is -1.29. The topological polar surface area (TPSA) is 65.1 Å². The first-order chi connectivity index (χ1) is 8.77. The molecular weight excluding hydrogens is 228 g/mol. The lowest BCUT2D eigenvalue weighted by molar-refractivity contribution is 0.0695. The van der Waals surface area contributed by atoms with Crippen LogP contribution in [0, 0.1) is 5.92 Å². The van der Waals surface area contributed by atoms with Gasteiger partial charge < -0.3 is 15.4 Å². The Kier molecular flexibility index (Phi) is 4.81. The number of carboxylic acids is 1. The molecule has 1 aliphatic rings. The van der Waals surface area contributed by atoms with Crippen molar-refractivity contribution >= 4 is 5.97 Å². The summed E-state index contributed by atoms with van der Waals surface area (Å²) in [4.78, 5) is 13.9. The summed E-state index contributed by atoms with van der Waals surface area (Å²) in [6, 6.07) is 1.61. The van der Waals surface area contributed by atoms with Crippen LogP contribution in [0.4, 0.5) is 0 Å². The second kappa shape index (κ2) is 6.59. The van der Waals surface area contributed by atoms with Gasteiger partial charge in [0.1, 0.15) is 0 Å². The maximum absolute atomic E-state index is 10.9. The molecule has 4 heteroatoms. The van der Waals surface area contributed by atoms with Crippen molar-refractivity contribution in [1.29, 1.82) is 0 Å². The van der Waals surface area contributed by atoms with E-state index in [0.717, 1.165) is 18.2 Å². The Balaban J connectivity index is 1.62. The van der Waals surface area contributed by atoms with Crippen molar-refractivity contribution in [1.82, 2.24) is 10.3 Å². The van der Waals surface area contributed by atoms with Crippen LogP contribution < -0.4 is 5.32 Å². The van der Waals surface area contributed by atoms with E-state index in [1.165, 1.54) is 38.5 Å². The quantitative estimate of drug-likeness (QED) is 0.652. The molecular formula is C14H22N2O2. The minimum absolute atomic E-state index is 0.373. The molecule has 1 aromatic heterocycles. The lowest BCUT2D eigenvalue weighted by Crippen LogP contribution is -2.17. The van der Waals surface area contributed by atoms with Gasteiger partial charge in [0.05, 0.1) is 5.56 Å².